The van der Waals surface area contributed by atoms with Crippen molar-refractivity contribution < 1.29 is 0 Å². The molecule has 0 aliphatic rings. The van der Waals surface area contributed by atoms with Gasteiger partial charge in [0.15, 0.2) is 0 Å². The molecule has 2 heteroatoms. The van der Waals surface area contributed by atoms with E-state index < -0.39 is 0 Å². The van der Waals surface area contributed by atoms with Crippen molar-refractivity contribution in [3.8, 4) is 0 Å². The summed E-state index contributed by atoms with van der Waals surface area (Å²) in [5, 5.41) is 0. The molecule has 118 valence electrons. The molecule has 0 atom stereocenters. The zero-order chi connectivity index (χ0) is 16.8. The zero-order valence-electron chi connectivity index (χ0n) is 14.0. The van der Waals surface area contributed by atoms with E-state index >= 15 is 0 Å². The predicted octanol–water partition coefficient (Wildman–Crippen LogP) is 5.80. The topological polar surface area (TPSA) is 24.7 Å². The average Bonchev–Trinajstić information content (AvgIpc) is 2.62. The molecular formula is C22H20N2. The van der Waals surface area contributed by atoms with E-state index in [1.807, 2.05) is 73.1 Å². The molecule has 0 unspecified atom stereocenters. The van der Waals surface area contributed by atoms with Gasteiger partial charge in [0.05, 0.1) is 11.4 Å². The highest BCUT2D eigenvalue weighted by Crippen LogP contribution is 2.28. The van der Waals surface area contributed by atoms with Crippen LogP contribution < -0.4 is 0 Å². The predicted molar refractivity (Wildman–Crippen MR) is 103 cm³/mol. The molecule has 0 radical (unpaired) electrons. The molecule has 0 amide bonds. The van der Waals surface area contributed by atoms with Gasteiger partial charge in [-0.2, -0.15) is 0 Å². The Morgan fingerprint density at radius 3 is 1.33 bits per heavy atom. The number of nitrogens with zero attached hydrogens (tertiary/aromatic N) is 2. The van der Waals surface area contributed by atoms with Crippen molar-refractivity contribution in [1.29, 1.82) is 0 Å². The highest BCUT2D eigenvalue weighted by molar-refractivity contribution is 5.84. The highest BCUT2D eigenvalue weighted by Gasteiger charge is 2.02. The highest BCUT2D eigenvalue weighted by atomic mass is 14.7. The van der Waals surface area contributed by atoms with Crippen LogP contribution in [0.15, 0.2) is 82.8 Å². The first-order valence-electron chi connectivity index (χ1n) is 8.02. The molecule has 0 saturated carbocycles. The molecule has 0 aliphatic heterocycles. The monoisotopic (exact) mass is 312 g/mol. The molecule has 24 heavy (non-hydrogen) atoms. The van der Waals surface area contributed by atoms with E-state index in [0.717, 1.165) is 33.6 Å². The summed E-state index contributed by atoms with van der Waals surface area (Å²) in [4.78, 5) is 9.24. The molecule has 0 bridgehead atoms. The van der Waals surface area contributed by atoms with Crippen LogP contribution in [0.5, 0.6) is 0 Å². The summed E-state index contributed by atoms with van der Waals surface area (Å²) in [6.45, 7) is 4.14. The number of hydrogen-bond donors (Lipinski definition) is 0. The van der Waals surface area contributed by atoms with Crippen molar-refractivity contribution in [2.75, 3.05) is 0 Å². The van der Waals surface area contributed by atoms with Crippen LogP contribution in [0.4, 0.5) is 11.4 Å². The van der Waals surface area contributed by atoms with Gasteiger partial charge in [0, 0.05) is 12.4 Å². The summed E-state index contributed by atoms with van der Waals surface area (Å²) in [6.07, 6.45) is 3.80. The van der Waals surface area contributed by atoms with E-state index in [2.05, 4.69) is 36.0 Å². The smallest absolute Gasteiger partial charge is 0.0663 e. The summed E-state index contributed by atoms with van der Waals surface area (Å²) in [5.41, 5.74) is 6.40. The van der Waals surface area contributed by atoms with Crippen LogP contribution in [-0.2, 0) is 0 Å². The van der Waals surface area contributed by atoms with Crippen molar-refractivity contribution in [1.82, 2.24) is 0 Å². The SMILES string of the molecule is Cc1cc(N=Cc2ccccc2)c(C)cc1N=Cc1ccccc1. The second-order valence-corrected chi connectivity index (χ2v) is 5.76. The first-order valence-corrected chi connectivity index (χ1v) is 8.02. The average molecular weight is 312 g/mol. The van der Waals surface area contributed by atoms with E-state index in [0.29, 0.717) is 0 Å². The van der Waals surface area contributed by atoms with Crippen molar-refractivity contribution in [3.63, 3.8) is 0 Å². The standard InChI is InChI=1S/C22H20N2/c1-17-13-22(24-16-20-11-7-4-8-12-20)18(2)14-21(17)23-15-19-9-5-3-6-10-19/h3-16H,1-2H3. The van der Waals surface area contributed by atoms with Crippen LogP contribution >= 0.6 is 0 Å². The molecule has 0 aromatic heterocycles. The Morgan fingerprint density at radius 2 is 0.958 bits per heavy atom. The molecule has 0 heterocycles. The third kappa shape index (κ3) is 4.05. The van der Waals surface area contributed by atoms with Gasteiger partial charge in [-0.1, -0.05) is 60.7 Å². The Morgan fingerprint density at radius 1 is 0.583 bits per heavy atom. The fourth-order valence-electron chi connectivity index (χ4n) is 2.43. The van der Waals surface area contributed by atoms with Gasteiger partial charge in [-0.05, 0) is 48.2 Å². The fraction of sp³-hybridized carbons (Fsp3) is 0.0909. The van der Waals surface area contributed by atoms with Crippen LogP contribution in [-0.4, -0.2) is 12.4 Å². The zero-order valence-corrected chi connectivity index (χ0v) is 14.0. The van der Waals surface area contributed by atoms with Gasteiger partial charge in [0.25, 0.3) is 0 Å². The molecule has 3 aromatic rings. The molecule has 2 nitrogen and oxygen atoms in total. The summed E-state index contributed by atoms with van der Waals surface area (Å²) in [7, 11) is 0. The maximum atomic E-state index is 4.62. The molecule has 0 spiro atoms. The quantitative estimate of drug-likeness (QED) is 0.544. The summed E-state index contributed by atoms with van der Waals surface area (Å²) < 4.78 is 0. The van der Waals surface area contributed by atoms with Crippen LogP contribution in [0, 0.1) is 13.8 Å². The Hall–Kier alpha value is -3.00. The number of aryl methyl sites for hydroxylation is 2. The van der Waals surface area contributed by atoms with Gasteiger partial charge in [0.2, 0.25) is 0 Å². The van der Waals surface area contributed by atoms with Crippen molar-refractivity contribution in [2.45, 2.75) is 13.8 Å². The summed E-state index contributed by atoms with van der Waals surface area (Å²) >= 11 is 0. The maximum absolute atomic E-state index is 4.62. The van der Waals surface area contributed by atoms with Crippen LogP contribution in [0.3, 0.4) is 0 Å². The molecule has 0 N–H and O–H groups in total. The number of aliphatic imine (C=N–C) groups is 2. The van der Waals surface area contributed by atoms with Gasteiger partial charge in [0.1, 0.15) is 0 Å². The third-order valence-electron chi connectivity index (χ3n) is 3.82. The molecular weight excluding hydrogens is 292 g/mol. The Kier molecular flexibility index (Phi) is 4.97. The largest absolute Gasteiger partial charge is 0.256 e. The molecule has 0 saturated heterocycles. The van der Waals surface area contributed by atoms with E-state index in [1.165, 1.54) is 0 Å². The van der Waals surface area contributed by atoms with E-state index in [-0.39, 0.29) is 0 Å². The maximum Gasteiger partial charge on any atom is 0.0663 e. The Balaban J connectivity index is 1.83. The molecule has 0 aliphatic carbocycles. The summed E-state index contributed by atoms with van der Waals surface area (Å²) in [5.74, 6) is 0. The fourth-order valence-corrected chi connectivity index (χ4v) is 2.43. The first-order chi connectivity index (χ1) is 11.7. The lowest BCUT2D eigenvalue weighted by atomic mass is 10.1. The van der Waals surface area contributed by atoms with Crippen molar-refractivity contribution in [3.05, 3.63) is 95.1 Å². The van der Waals surface area contributed by atoms with Gasteiger partial charge in [-0.3, -0.25) is 9.98 Å². The van der Waals surface area contributed by atoms with Crippen molar-refractivity contribution in [2.24, 2.45) is 9.98 Å². The second-order valence-electron chi connectivity index (χ2n) is 5.76. The number of hydrogen-bond acceptors (Lipinski definition) is 2. The van der Waals surface area contributed by atoms with Gasteiger partial charge >= 0.3 is 0 Å². The van der Waals surface area contributed by atoms with Gasteiger partial charge in [-0.25, -0.2) is 0 Å². The minimum absolute atomic E-state index is 0.981. The van der Waals surface area contributed by atoms with Gasteiger partial charge in [-0.15, -0.1) is 0 Å². The third-order valence-corrected chi connectivity index (χ3v) is 3.82. The molecule has 3 rings (SSSR count). The van der Waals surface area contributed by atoms with Crippen LogP contribution in [0.25, 0.3) is 0 Å². The van der Waals surface area contributed by atoms with E-state index in [4.69, 9.17) is 0 Å². The second kappa shape index (κ2) is 7.51. The number of rotatable bonds is 4. The minimum atomic E-state index is 0.981. The lowest BCUT2D eigenvalue weighted by molar-refractivity contribution is 1.33. The van der Waals surface area contributed by atoms with Gasteiger partial charge < -0.3 is 0 Å². The Bertz CT molecular complexity index is 788. The van der Waals surface area contributed by atoms with E-state index in [1.54, 1.807) is 0 Å². The lowest BCUT2D eigenvalue weighted by Gasteiger charge is -2.06. The lowest BCUT2D eigenvalue weighted by Crippen LogP contribution is -1.84. The first kappa shape index (κ1) is 15.9. The minimum Gasteiger partial charge on any atom is -0.256 e. The van der Waals surface area contributed by atoms with E-state index in [9.17, 15) is 0 Å². The molecule has 3 aromatic carbocycles. The number of benzene rings is 3. The normalized spacial score (nSPS) is 11.4. The summed E-state index contributed by atoms with van der Waals surface area (Å²) in [6, 6.07) is 24.4. The van der Waals surface area contributed by atoms with Crippen LogP contribution in [0.2, 0.25) is 0 Å². The Labute approximate surface area is 143 Å². The van der Waals surface area contributed by atoms with Crippen LogP contribution in [0.1, 0.15) is 22.3 Å². The van der Waals surface area contributed by atoms with Crippen molar-refractivity contribution >= 4 is 23.8 Å². The molecule has 0 fully saturated rings.